The Hall–Kier alpha value is -1.39. The molecule has 0 saturated heterocycles. The van der Waals surface area contributed by atoms with Crippen LogP contribution in [0.25, 0.3) is 0 Å². The molecule has 20 heavy (non-hydrogen) atoms. The molecule has 2 rings (SSSR count). The van der Waals surface area contributed by atoms with Crippen LogP contribution >= 0.6 is 15.9 Å². The molecule has 4 heteroatoms. The van der Waals surface area contributed by atoms with Gasteiger partial charge in [-0.1, -0.05) is 46.3 Å². The minimum atomic E-state index is -0.339. The van der Waals surface area contributed by atoms with Gasteiger partial charge >= 0.3 is 0 Å². The molecule has 0 aliphatic rings. The van der Waals surface area contributed by atoms with Crippen molar-refractivity contribution < 1.29 is 9.13 Å². The number of halogens is 2. The molecule has 2 aromatic rings. The van der Waals surface area contributed by atoms with Gasteiger partial charge < -0.3 is 10.5 Å². The van der Waals surface area contributed by atoms with Gasteiger partial charge in [0, 0.05) is 10.5 Å². The Bertz CT molecular complexity index is 615. The zero-order chi connectivity index (χ0) is 14.7. The van der Waals surface area contributed by atoms with Gasteiger partial charge in [0.25, 0.3) is 0 Å². The Balaban J connectivity index is 2.28. The summed E-state index contributed by atoms with van der Waals surface area (Å²) in [4.78, 5) is 0. The van der Waals surface area contributed by atoms with E-state index in [9.17, 15) is 4.39 Å². The molecule has 0 saturated carbocycles. The van der Waals surface area contributed by atoms with E-state index in [1.54, 1.807) is 18.2 Å². The first-order chi connectivity index (χ1) is 9.54. The standard InChI is InChI=1S/C16H17BrFNO/c1-10-5-3-7-12(15(10)17)13(19)9-11-6-4-8-14(20-2)16(11)18/h3-8,13H,9,19H2,1-2H3. The lowest BCUT2D eigenvalue weighted by atomic mass is 9.98. The third-order valence-corrected chi connectivity index (χ3v) is 4.41. The average Bonchev–Trinajstić information content (AvgIpc) is 2.44. The summed E-state index contributed by atoms with van der Waals surface area (Å²) in [5.74, 6) is -0.0905. The van der Waals surface area contributed by atoms with E-state index >= 15 is 0 Å². The molecule has 0 fully saturated rings. The summed E-state index contributed by atoms with van der Waals surface area (Å²) in [5.41, 5.74) is 8.87. The largest absolute Gasteiger partial charge is 0.494 e. The van der Waals surface area contributed by atoms with Gasteiger partial charge in [0.15, 0.2) is 11.6 Å². The molecular weight excluding hydrogens is 321 g/mol. The first kappa shape index (κ1) is 15.0. The van der Waals surface area contributed by atoms with E-state index in [2.05, 4.69) is 15.9 Å². The molecule has 0 aliphatic carbocycles. The fourth-order valence-electron chi connectivity index (χ4n) is 2.17. The molecule has 0 radical (unpaired) electrons. The highest BCUT2D eigenvalue weighted by atomic mass is 79.9. The topological polar surface area (TPSA) is 35.2 Å². The number of nitrogens with two attached hydrogens (primary N) is 1. The van der Waals surface area contributed by atoms with E-state index in [1.807, 2.05) is 25.1 Å². The first-order valence-corrected chi connectivity index (χ1v) is 7.16. The predicted octanol–water partition coefficient (Wildman–Crippen LogP) is 4.15. The molecule has 0 amide bonds. The van der Waals surface area contributed by atoms with Gasteiger partial charge in [0.05, 0.1) is 7.11 Å². The van der Waals surface area contributed by atoms with E-state index in [1.165, 1.54) is 7.11 Å². The van der Waals surface area contributed by atoms with Crippen molar-refractivity contribution in [3.63, 3.8) is 0 Å². The maximum atomic E-state index is 14.1. The van der Waals surface area contributed by atoms with Crippen LogP contribution in [0.3, 0.4) is 0 Å². The number of benzene rings is 2. The van der Waals surface area contributed by atoms with Crippen molar-refractivity contribution in [1.82, 2.24) is 0 Å². The van der Waals surface area contributed by atoms with Crippen molar-refractivity contribution in [2.75, 3.05) is 7.11 Å². The van der Waals surface area contributed by atoms with Gasteiger partial charge in [0.2, 0.25) is 0 Å². The number of hydrogen-bond donors (Lipinski definition) is 1. The van der Waals surface area contributed by atoms with Crippen LogP contribution < -0.4 is 10.5 Å². The second-order valence-corrected chi connectivity index (χ2v) is 5.52. The van der Waals surface area contributed by atoms with Crippen LogP contribution in [0.1, 0.15) is 22.7 Å². The second kappa shape index (κ2) is 6.37. The molecule has 2 aromatic carbocycles. The van der Waals surface area contributed by atoms with Gasteiger partial charge in [-0.05, 0) is 36.1 Å². The highest BCUT2D eigenvalue weighted by Gasteiger charge is 2.15. The Morgan fingerprint density at radius 1 is 1.25 bits per heavy atom. The molecule has 2 N–H and O–H groups in total. The van der Waals surface area contributed by atoms with Crippen molar-refractivity contribution >= 4 is 15.9 Å². The molecule has 2 nitrogen and oxygen atoms in total. The maximum absolute atomic E-state index is 14.1. The van der Waals surface area contributed by atoms with E-state index in [-0.39, 0.29) is 17.6 Å². The van der Waals surface area contributed by atoms with E-state index in [0.29, 0.717) is 12.0 Å². The molecule has 0 bridgehead atoms. The van der Waals surface area contributed by atoms with Gasteiger partial charge in [-0.2, -0.15) is 0 Å². The van der Waals surface area contributed by atoms with E-state index < -0.39 is 0 Å². The Labute approximate surface area is 126 Å². The smallest absolute Gasteiger partial charge is 0.168 e. The van der Waals surface area contributed by atoms with Crippen LogP contribution in [0.15, 0.2) is 40.9 Å². The molecule has 0 aliphatic heterocycles. The van der Waals surface area contributed by atoms with Crippen LogP contribution in [0.4, 0.5) is 4.39 Å². The average molecular weight is 338 g/mol. The van der Waals surface area contributed by atoms with Crippen molar-refractivity contribution in [3.05, 3.63) is 63.4 Å². The maximum Gasteiger partial charge on any atom is 0.168 e. The van der Waals surface area contributed by atoms with Crippen molar-refractivity contribution in [1.29, 1.82) is 0 Å². The zero-order valence-corrected chi connectivity index (χ0v) is 13.1. The highest BCUT2D eigenvalue weighted by Crippen LogP contribution is 2.29. The SMILES string of the molecule is COc1cccc(CC(N)c2cccc(C)c2Br)c1F. The lowest BCUT2D eigenvalue weighted by Crippen LogP contribution is -2.15. The monoisotopic (exact) mass is 337 g/mol. The number of aryl methyl sites for hydroxylation is 1. The fraction of sp³-hybridized carbons (Fsp3) is 0.250. The lowest BCUT2D eigenvalue weighted by Gasteiger charge is -2.16. The second-order valence-electron chi connectivity index (χ2n) is 4.72. The van der Waals surface area contributed by atoms with Crippen LogP contribution in [-0.2, 0) is 6.42 Å². The number of ether oxygens (including phenoxy) is 1. The van der Waals surface area contributed by atoms with E-state index in [4.69, 9.17) is 10.5 Å². The first-order valence-electron chi connectivity index (χ1n) is 6.36. The van der Waals surface area contributed by atoms with Crippen molar-refractivity contribution in [2.45, 2.75) is 19.4 Å². The number of hydrogen-bond acceptors (Lipinski definition) is 2. The molecular formula is C16H17BrFNO. The molecule has 106 valence electrons. The minimum absolute atomic E-state index is 0.248. The molecule has 0 aromatic heterocycles. The molecule has 1 unspecified atom stereocenters. The fourth-order valence-corrected chi connectivity index (χ4v) is 2.73. The normalized spacial score (nSPS) is 12.2. The van der Waals surface area contributed by atoms with Crippen LogP contribution in [-0.4, -0.2) is 7.11 Å². The summed E-state index contributed by atoms with van der Waals surface area (Å²) < 4.78 is 20.1. The number of methoxy groups -OCH3 is 1. The van der Waals surface area contributed by atoms with Crippen LogP contribution in [0.5, 0.6) is 5.75 Å². The Morgan fingerprint density at radius 3 is 2.65 bits per heavy atom. The predicted molar refractivity (Wildman–Crippen MR) is 82.5 cm³/mol. The molecule has 1 atom stereocenters. The summed E-state index contributed by atoms with van der Waals surface area (Å²) in [7, 11) is 1.46. The van der Waals surface area contributed by atoms with Crippen molar-refractivity contribution in [2.24, 2.45) is 5.73 Å². The summed E-state index contributed by atoms with van der Waals surface area (Å²) >= 11 is 3.54. The van der Waals surface area contributed by atoms with Gasteiger partial charge in [-0.25, -0.2) is 4.39 Å². The summed E-state index contributed by atoms with van der Waals surface area (Å²) in [5, 5.41) is 0. The lowest BCUT2D eigenvalue weighted by molar-refractivity contribution is 0.383. The third-order valence-electron chi connectivity index (χ3n) is 3.32. The quantitative estimate of drug-likeness (QED) is 0.909. The molecule has 0 heterocycles. The zero-order valence-electron chi connectivity index (χ0n) is 11.5. The van der Waals surface area contributed by atoms with Gasteiger partial charge in [-0.15, -0.1) is 0 Å². The Kier molecular flexibility index (Phi) is 4.78. The van der Waals surface area contributed by atoms with Gasteiger partial charge in [-0.3, -0.25) is 0 Å². The van der Waals surface area contributed by atoms with Crippen molar-refractivity contribution in [3.8, 4) is 5.75 Å². The Morgan fingerprint density at radius 2 is 1.95 bits per heavy atom. The summed E-state index contributed by atoms with van der Waals surface area (Å²) in [6.45, 7) is 2.01. The molecule has 0 spiro atoms. The highest BCUT2D eigenvalue weighted by molar-refractivity contribution is 9.10. The van der Waals surface area contributed by atoms with Gasteiger partial charge in [0.1, 0.15) is 0 Å². The summed E-state index contributed by atoms with van der Waals surface area (Å²) in [6.07, 6.45) is 0.422. The third kappa shape index (κ3) is 3.02. The van der Waals surface area contributed by atoms with E-state index in [0.717, 1.165) is 15.6 Å². The van der Waals surface area contributed by atoms with Crippen LogP contribution in [0.2, 0.25) is 0 Å². The van der Waals surface area contributed by atoms with Crippen LogP contribution in [0, 0.1) is 12.7 Å². The number of rotatable bonds is 4. The summed E-state index contributed by atoms with van der Waals surface area (Å²) in [6, 6.07) is 10.8. The minimum Gasteiger partial charge on any atom is -0.494 e.